The Morgan fingerprint density at radius 1 is 1.44 bits per heavy atom. The number of rotatable bonds is 4. The summed E-state index contributed by atoms with van der Waals surface area (Å²) in [6.45, 7) is 1.66. The zero-order valence-corrected chi connectivity index (χ0v) is 9.66. The molecule has 1 fully saturated rings. The summed E-state index contributed by atoms with van der Waals surface area (Å²) >= 11 is 1.81. The van der Waals surface area contributed by atoms with Crippen molar-refractivity contribution in [2.45, 2.75) is 23.8 Å². The van der Waals surface area contributed by atoms with E-state index >= 15 is 0 Å². The van der Waals surface area contributed by atoms with Gasteiger partial charge in [0.15, 0.2) is 0 Å². The van der Waals surface area contributed by atoms with Crippen molar-refractivity contribution in [3.8, 4) is 0 Å². The predicted octanol–water partition coefficient (Wildman–Crippen LogP) is 2.39. The summed E-state index contributed by atoms with van der Waals surface area (Å²) < 4.78 is 10.5. The summed E-state index contributed by atoms with van der Waals surface area (Å²) in [4.78, 5) is 10.6. The lowest BCUT2D eigenvalue weighted by Gasteiger charge is -2.20. The van der Waals surface area contributed by atoms with Crippen LogP contribution in [0.3, 0.4) is 0 Å². The maximum atomic E-state index is 10.6. The Labute approximate surface area is 98.0 Å². The first kappa shape index (κ1) is 11.5. The van der Waals surface area contributed by atoms with Crippen molar-refractivity contribution in [3.05, 3.63) is 23.7 Å². The van der Waals surface area contributed by atoms with E-state index in [1.807, 2.05) is 11.8 Å². The Morgan fingerprint density at radius 2 is 2.19 bits per heavy atom. The summed E-state index contributed by atoms with van der Waals surface area (Å²) in [6.07, 6.45) is 2.13. The molecule has 0 bridgehead atoms. The van der Waals surface area contributed by atoms with E-state index in [1.54, 1.807) is 6.07 Å². The van der Waals surface area contributed by atoms with Crippen molar-refractivity contribution in [2.24, 2.45) is 0 Å². The molecule has 2 heterocycles. The third-order valence-corrected chi connectivity index (χ3v) is 3.90. The average Bonchev–Trinajstić information content (AvgIpc) is 2.76. The molecule has 0 atom stereocenters. The average molecular weight is 242 g/mol. The molecule has 4 nitrogen and oxygen atoms in total. The van der Waals surface area contributed by atoms with Crippen LogP contribution in [0.4, 0.5) is 0 Å². The molecule has 0 radical (unpaired) electrons. The lowest BCUT2D eigenvalue weighted by atomic mass is 10.2. The van der Waals surface area contributed by atoms with Gasteiger partial charge in [0.2, 0.25) is 5.76 Å². The van der Waals surface area contributed by atoms with Gasteiger partial charge in [-0.15, -0.1) is 0 Å². The number of hydrogen-bond donors (Lipinski definition) is 1. The minimum absolute atomic E-state index is 0.0163. The van der Waals surface area contributed by atoms with Gasteiger partial charge >= 0.3 is 5.97 Å². The Morgan fingerprint density at radius 3 is 2.81 bits per heavy atom. The SMILES string of the molecule is O=C(O)c1ccc(CSC2CCOCC2)o1. The fourth-order valence-corrected chi connectivity index (χ4v) is 2.69. The van der Waals surface area contributed by atoms with Crippen molar-refractivity contribution >= 4 is 17.7 Å². The largest absolute Gasteiger partial charge is 0.475 e. The lowest BCUT2D eigenvalue weighted by molar-refractivity contribution is 0.0661. The molecular weight excluding hydrogens is 228 g/mol. The third-order valence-electron chi connectivity index (χ3n) is 2.50. The van der Waals surface area contributed by atoms with Crippen LogP contribution < -0.4 is 0 Å². The van der Waals surface area contributed by atoms with Crippen LogP contribution in [0.5, 0.6) is 0 Å². The summed E-state index contributed by atoms with van der Waals surface area (Å²) in [7, 11) is 0. The molecule has 0 amide bonds. The second kappa shape index (κ2) is 5.41. The van der Waals surface area contributed by atoms with E-state index in [4.69, 9.17) is 14.3 Å². The molecule has 0 saturated carbocycles. The monoisotopic (exact) mass is 242 g/mol. The molecule has 1 saturated heterocycles. The van der Waals surface area contributed by atoms with Crippen LogP contribution in [0.15, 0.2) is 16.5 Å². The van der Waals surface area contributed by atoms with Gasteiger partial charge in [0.1, 0.15) is 5.76 Å². The smallest absolute Gasteiger partial charge is 0.371 e. The van der Waals surface area contributed by atoms with Gasteiger partial charge in [-0.3, -0.25) is 0 Å². The van der Waals surface area contributed by atoms with Crippen molar-refractivity contribution in [1.29, 1.82) is 0 Å². The van der Waals surface area contributed by atoms with E-state index in [0.717, 1.165) is 37.6 Å². The van der Waals surface area contributed by atoms with Gasteiger partial charge in [-0.05, 0) is 25.0 Å². The van der Waals surface area contributed by atoms with Crippen molar-refractivity contribution in [2.75, 3.05) is 13.2 Å². The topological polar surface area (TPSA) is 59.7 Å². The number of ether oxygens (including phenoxy) is 1. The van der Waals surface area contributed by atoms with E-state index in [2.05, 4.69) is 0 Å². The standard InChI is InChI=1S/C11H14O4S/c12-11(13)10-2-1-8(15-10)7-16-9-3-5-14-6-4-9/h1-2,9H,3-7H2,(H,12,13). The number of carboxylic acid groups (broad SMARTS) is 1. The maximum absolute atomic E-state index is 10.6. The van der Waals surface area contributed by atoms with Crippen LogP contribution in [-0.2, 0) is 10.5 Å². The molecular formula is C11H14O4S. The van der Waals surface area contributed by atoms with Gasteiger partial charge < -0.3 is 14.3 Å². The van der Waals surface area contributed by atoms with Crippen LogP contribution >= 0.6 is 11.8 Å². The fourth-order valence-electron chi connectivity index (χ4n) is 1.61. The normalized spacial score (nSPS) is 17.5. The molecule has 88 valence electrons. The fraction of sp³-hybridized carbons (Fsp3) is 0.545. The Bertz CT molecular complexity index is 355. The zero-order chi connectivity index (χ0) is 11.4. The zero-order valence-electron chi connectivity index (χ0n) is 8.85. The highest BCUT2D eigenvalue weighted by Gasteiger charge is 2.15. The van der Waals surface area contributed by atoms with Gasteiger partial charge in [0.05, 0.1) is 5.75 Å². The molecule has 0 spiro atoms. The number of aromatic carboxylic acids is 1. The van der Waals surface area contributed by atoms with Crippen LogP contribution in [-0.4, -0.2) is 29.5 Å². The first-order valence-electron chi connectivity index (χ1n) is 5.27. The van der Waals surface area contributed by atoms with E-state index in [9.17, 15) is 4.79 Å². The summed E-state index contributed by atoms with van der Waals surface area (Å²) in [5, 5.41) is 9.30. The molecule has 1 aromatic heterocycles. The highest BCUT2D eigenvalue weighted by molar-refractivity contribution is 7.99. The second-order valence-corrected chi connectivity index (χ2v) is 4.98. The van der Waals surface area contributed by atoms with Crippen LogP contribution in [0.2, 0.25) is 0 Å². The molecule has 0 unspecified atom stereocenters. The highest BCUT2D eigenvalue weighted by Crippen LogP contribution is 2.26. The second-order valence-electron chi connectivity index (χ2n) is 3.69. The molecule has 2 rings (SSSR count). The van der Waals surface area contributed by atoms with Gasteiger partial charge in [-0.25, -0.2) is 4.79 Å². The molecule has 5 heteroatoms. The van der Waals surface area contributed by atoms with E-state index in [0.29, 0.717) is 5.25 Å². The Kier molecular flexibility index (Phi) is 3.90. The van der Waals surface area contributed by atoms with Crippen molar-refractivity contribution in [1.82, 2.24) is 0 Å². The summed E-state index contributed by atoms with van der Waals surface area (Å²) in [6, 6.07) is 3.23. The summed E-state index contributed by atoms with van der Waals surface area (Å²) in [5.74, 6) is 0.469. The first-order valence-corrected chi connectivity index (χ1v) is 6.32. The van der Waals surface area contributed by atoms with Crippen molar-refractivity contribution < 1.29 is 19.1 Å². The van der Waals surface area contributed by atoms with Gasteiger partial charge in [-0.1, -0.05) is 0 Å². The molecule has 0 aromatic carbocycles. The lowest BCUT2D eigenvalue weighted by Crippen LogP contribution is -2.17. The van der Waals surface area contributed by atoms with E-state index in [1.165, 1.54) is 6.07 Å². The Balaban J connectivity index is 1.81. The molecule has 0 aliphatic carbocycles. The number of carbonyl (C=O) groups is 1. The molecule has 1 aliphatic heterocycles. The molecule has 1 aromatic rings. The third kappa shape index (κ3) is 3.02. The molecule has 1 aliphatic rings. The highest BCUT2D eigenvalue weighted by atomic mass is 32.2. The van der Waals surface area contributed by atoms with Gasteiger partial charge in [0.25, 0.3) is 0 Å². The van der Waals surface area contributed by atoms with Crippen molar-refractivity contribution in [3.63, 3.8) is 0 Å². The number of carboxylic acids is 1. The maximum Gasteiger partial charge on any atom is 0.371 e. The van der Waals surface area contributed by atoms with Crippen LogP contribution in [0.25, 0.3) is 0 Å². The summed E-state index contributed by atoms with van der Waals surface area (Å²) in [5.41, 5.74) is 0. The van der Waals surface area contributed by atoms with Crippen LogP contribution in [0, 0.1) is 0 Å². The molecule has 1 N–H and O–H groups in total. The number of thioether (sulfide) groups is 1. The van der Waals surface area contributed by atoms with E-state index in [-0.39, 0.29) is 5.76 Å². The number of furan rings is 1. The first-order chi connectivity index (χ1) is 7.75. The number of hydrogen-bond acceptors (Lipinski definition) is 4. The Hall–Kier alpha value is -0.940. The predicted molar refractivity (Wildman–Crippen MR) is 60.8 cm³/mol. The van der Waals surface area contributed by atoms with Crippen LogP contribution in [0.1, 0.15) is 29.2 Å². The van der Waals surface area contributed by atoms with E-state index < -0.39 is 5.97 Å². The minimum atomic E-state index is -1.01. The van der Waals surface area contributed by atoms with Gasteiger partial charge in [0, 0.05) is 18.5 Å². The molecule has 16 heavy (non-hydrogen) atoms. The minimum Gasteiger partial charge on any atom is -0.475 e. The quantitative estimate of drug-likeness (QED) is 0.878. The van der Waals surface area contributed by atoms with Gasteiger partial charge in [-0.2, -0.15) is 11.8 Å².